The second kappa shape index (κ2) is 10.4. The number of aliphatic hydroxyl groups is 1. The van der Waals surface area contributed by atoms with E-state index in [1.165, 1.54) is 36.4 Å². The van der Waals surface area contributed by atoms with Crippen molar-refractivity contribution in [3.05, 3.63) is 87.4 Å². The summed E-state index contributed by atoms with van der Waals surface area (Å²) in [5, 5.41) is 27.1. The average Bonchev–Trinajstić information content (AvgIpc) is 3.57. The average molecular weight is 578 g/mol. The molecule has 3 aromatic carbocycles. The largest absolute Gasteiger partial charge is 1.00 e. The summed E-state index contributed by atoms with van der Waals surface area (Å²) in [4.78, 5) is 40.2. The van der Waals surface area contributed by atoms with Gasteiger partial charge in [-0.3, -0.25) is 9.59 Å². The molecule has 0 aromatic heterocycles. The van der Waals surface area contributed by atoms with E-state index in [2.05, 4.69) is 5.32 Å². The number of ketones is 1. The van der Waals surface area contributed by atoms with Crippen molar-refractivity contribution < 1.29 is 68.4 Å². The van der Waals surface area contributed by atoms with Gasteiger partial charge in [0.2, 0.25) is 12.7 Å². The van der Waals surface area contributed by atoms with E-state index in [1.54, 1.807) is 24.3 Å². The number of fused-ring (bicyclic) bond motifs is 2. The predicted molar refractivity (Wildman–Crippen MR) is 132 cm³/mol. The van der Waals surface area contributed by atoms with E-state index in [-0.39, 0.29) is 57.5 Å². The van der Waals surface area contributed by atoms with E-state index in [4.69, 9.17) is 37.4 Å². The number of halogens is 2. The van der Waals surface area contributed by atoms with Crippen molar-refractivity contribution >= 4 is 46.5 Å². The van der Waals surface area contributed by atoms with Gasteiger partial charge in [0.15, 0.2) is 22.9 Å². The van der Waals surface area contributed by atoms with Crippen LogP contribution in [-0.4, -0.2) is 35.2 Å². The van der Waals surface area contributed by atoms with Gasteiger partial charge in [-0.05, 0) is 35.4 Å². The number of amides is 1. The topological polar surface area (TPSA) is 134 Å². The Balaban J connectivity index is 0.00000308. The molecule has 1 spiro atoms. The molecule has 3 unspecified atom stereocenters. The van der Waals surface area contributed by atoms with Gasteiger partial charge in [0.1, 0.15) is 6.10 Å². The molecule has 3 aliphatic rings. The fraction of sp³-hybridized carbons (Fsp3) is 0.222. The monoisotopic (exact) mass is 577 g/mol. The zero-order valence-electron chi connectivity index (χ0n) is 20.4. The number of anilines is 1. The molecule has 39 heavy (non-hydrogen) atoms. The van der Waals surface area contributed by atoms with Gasteiger partial charge in [0, 0.05) is 23.3 Å². The summed E-state index contributed by atoms with van der Waals surface area (Å²) in [5.41, 5.74) is -1.41. The summed E-state index contributed by atoms with van der Waals surface area (Å²) in [6.07, 6.45) is -2.96. The number of carboxylic acids is 1. The molecule has 5 atom stereocenters. The maximum atomic E-state index is 13.8. The molecule has 1 fully saturated rings. The summed E-state index contributed by atoms with van der Waals surface area (Å²) in [6.45, 7) is 0.0262. The number of hydrogen-bond acceptors (Lipinski definition) is 8. The standard InChI is InChI=1S/C27H19Cl2NO8.Na/c28-16-7-5-12(9-17(16)29)22-20(25(33)30-13-6-8-18-19(10-13)37-11-36-18)21(26(34)35)27(38-22)23(31)14-3-1-2-4-15(14)24(27)32;/h1-10,20-23,31H,11H2,(H,30,33)(H,34,35);/q;+1/p-1/t20-,21?,22?,23-,27?;/m1./s1. The minimum atomic E-state index is -2.31. The quantitative estimate of drug-likeness (QED) is 0.417. The van der Waals surface area contributed by atoms with E-state index >= 15 is 0 Å². The van der Waals surface area contributed by atoms with Crippen LogP contribution in [0.1, 0.15) is 33.7 Å². The Morgan fingerprint density at radius 2 is 1.74 bits per heavy atom. The van der Waals surface area contributed by atoms with Crippen molar-refractivity contribution in [3.63, 3.8) is 0 Å². The number of aliphatic carboxylic acids is 1. The first-order valence-corrected chi connectivity index (χ1v) is 12.3. The number of aliphatic hydroxyl groups excluding tert-OH is 1. The number of nitrogens with one attached hydrogen (secondary N) is 1. The maximum Gasteiger partial charge on any atom is 1.00 e. The summed E-state index contributed by atoms with van der Waals surface area (Å²) in [7, 11) is 0. The molecule has 0 radical (unpaired) electrons. The number of rotatable bonds is 4. The third-order valence-corrected chi connectivity index (χ3v) is 7.94. The fourth-order valence-corrected chi connectivity index (χ4v) is 5.82. The van der Waals surface area contributed by atoms with E-state index in [9.17, 15) is 24.6 Å². The SMILES string of the molecule is O=C([O-])C1[C@@H](C(=O)Nc2ccc3c(c2)OCO3)C(c2ccc(Cl)c(Cl)c2)OC12C(=O)c1ccccc1[C@H]2O.[Na+]. The molecule has 9 nitrogen and oxygen atoms in total. The first-order chi connectivity index (χ1) is 18.2. The molecule has 3 aromatic rings. The van der Waals surface area contributed by atoms with Crippen LogP contribution >= 0.6 is 23.2 Å². The minimum Gasteiger partial charge on any atom is -0.550 e. The molecule has 6 rings (SSSR count). The number of Topliss-reactive ketones (excluding diaryl/α,β-unsaturated/α-hetero) is 1. The first kappa shape index (κ1) is 27.9. The van der Waals surface area contributed by atoms with Gasteiger partial charge in [-0.2, -0.15) is 0 Å². The normalized spacial score (nSPS) is 26.3. The predicted octanol–water partition coefficient (Wildman–Crippen LogP) is 0.0871. The van der Waals surface area contributed by atoms with Crippen LogP contribution in [0.15, 0.2) is 60.7 Å². The van der Waals surface area contributed by atoms with Crippen molar-refractivity contribution in [3.8, 4) is 11.5 Å². The fourth-order valence-electron chi connectivity index (χ4n) is 5.51. The zero-order chi connectivity index (χ0) is 26.8. The third kappa shape index (κ3) is 4.33. The molecule has 12 heteroatoms. The van der Waals surface area contributed by atoms with Crippen molar-refractivity contribution in [2.24, 2.45) is 11.8 Å². The van der Waals surface area contributed by atoms with Crippen LogP contribution in [0.3, 0.4) is 0 Å². The van der Waals surface area contributed by atoms with Gasteiger partial charge in [-0.25, -0.2) is 0 Å². The molecule has 0 bridgehead atoms. The second-order valence-electron chi connectivity index (χ2n) is 9.20. The Kier molecular flexibility index (Phi) is 7.45. The molecule has 0 saturated carbocycles. The number of hydrogen-bond donors (Lipinski definition) is 2. The van der Waals surface area contributed by atoms with Crippen LogP contribution in [0.5, 0.6) is 11.5 Å². The van der Waals surface area contributed by atoms with Crippen LogP contribution in [0, 0.1) is 11.8 Å². The van der Waals surface area contributed by atoms with E-state index in [1.807, 2.05) is 0 Å². The Morgan fingerprint density at radius 1 is 1.00 bits per heavy atom. The molecule has 1 saturated heterocycles. The first-order valence-electron chi connectivity index (χ1n) is 11.6. The number of ether oxygens (including phenoxy) is 3. The molecule has 2 heterocycles. The van der Waals surface area contributed by atoms with Crippen molar-refractivity contribution in [2.75, 3.05) is 12.1 Å². The van der Waals surface area contributed by atoms with Crippen molar-refractivity contribution in [1.29, 1.82) is 0 Å². The molecule has 2 aliphatic heterocycles. The van der Waals surface area contributed by atoms with Crippen molar-refractivity contribution in [1.82, 2.24) is 0 Å². The van der Waals surface area contributed by atoms with Crippen LogP contribution in [0.2, 0.25) is 10.0 Å². The van der Waals surface area contributed by atoms with Gasteiger partial charge in [-0.15, -0.1) is 0 Å². The van der Waals surface area contributed by atoms with Gasteiger partial charge < -0.3 is 34.5 Å². The van der Waals surface area contributed by atoms with Crippen molar-refractivity contribution in [2.45, 2.75) is 17.8 Å². The number of carbonyl (C=O) groups is 3. The van der Waals surface area contributed by atoms with Crippen LogP contribution in [0.25, 0.3) is 0 Å². The Hall–Kier alpha value is -2.63. The van der Waals surface area contributed by atoms with E-state index < -0.39 is 47.3 Å². The van der Waals surface area contributed by atoms with Crippen LogP contribution < -0.4 is 49.5 Å². The summed E-state index contributed by atoms with van der Waals surface area (Å²) >= 11 is 12.3. The molecule has 1 aliphatic carbocycles. The Morgan fingerprint density at radius 3 is 2.46 bits per heavy atom. The van der Waals surface area contributed by atoms with E-state index in [0.717, 1.165) is 0 Å². The molecular weight excluding hydrogens is 560 g/mol. The van der Waals surface area contributed by atoms with E-state index in [0.29, 0.717) is 22.7 Å². The van der Waals surface area contributed by atoms with Gasteiger partial charge >= 0.3 is 29.6 Å². The Labute approximate surface area is 254 Å². The molecular formula is C27H18Cl2NNaO8. The summed E-state index contributed by atoms with van der Waals surface area (Å²) in [5.74, 6) is -5.72. The minimum absolute atomic E-state index is 0. The van der Waals surface area contributed by atoms with Gasteiger partial charge in [0.05, 0.1) is 28.0 Å². The van der Waals surface area contributed by atoms with Crippen LogP contribution in [0.4, 0.5) is 5.69 Å². The second-order valence-corrected chi connectivity index (χ2v) is 10.0. The molecule has 1 amide bonds. The number of carboxylic acid groups (broad SMARTS) is 1. The van der Waals surface area contributed by atoms with Gasteiger partial charge in [0.25, 0.3) is 0 Å². The Bertz CT molecular complexity index is 1520. The summed E-state index contributed by atoms with van der Waals surface area (Å²) < 4.78 is 16.8. The summed E-state index contributed by atoms with van der Waals surface area (Å²) in [6, 6.07) is 15.3. The third-order valence-electron chi connectivity index (χ3n) is 7.20. The number of carbonyl (C=O) groups excluding carboxylic acids is 3. The maximum absolute atomic E-state index is 13.8. The molecule has 2 N–H and O–H groups in total. The number of benzene rings is 3. The molecule has 194 valence electrons. The zero-order valence-corrected chi connectivity index (χ0v) is 23.9. The van der Waals surface area contributed by atoms with Gasteiger partial charge in [-0.1, -0.05) is 53.5 Å². The smallest absolute Gasteiger partial charge is 0.550 e. The van der Waals surface area contributed by atoms with Crippen LogP contribution in [-0.2, 0) is 14.3 Å².